The third-order valence-corrected chi connectivity index (χ3v) is 3.25. The van der Waals surface area contributed by atoms with Crippen LogP contribution in [0.3, 0.4) is 0 Å². The molecule has 16 heavy (non-hydrogen) atoms. The minimum atomic E-state index is -0.227. The number of nitrogens with one attached hydrogen (secondary N) is 1. The van der Waals surface area contributed by atoms with Crippen LogP contribution in [0.15, 0.2) is 18.2 Å². The molecule has 0 heterocycles. The lowest BCUT2D eigenvalue weighted by Crippen LogP contribution is -2.43. The molecule has 0 amide bonds. The molecule has 0 saturated carbocycles. The number of aliphatic hydroxyl groups excluding tert-OH is 2. The van der Waals surface area contributed by atoms with Crippen LogP contribution >= 0.6 is 11.6 Å². The van der Waals surface area contributed by atoms with Crippen LogP contribution in [0, 0.1) is 0 Å². The summed E-state index contributed by atoms with van der Waals surface area (Å²) in [5.41, 5.74) is 2.57. The van der Waals surface area contributed by atoms with E-state index in [1.807, 2.05) is 18.2 Å². The second-order valence-electron chi connectivity index (χ2n) is 4.25. The molecule has 1 aromatic rings. The second-order valence-corrected chi connectivity index (χ2v) is 4.68. The highest BCUT2D eigenvalue weighted by atomic mass is 35.5. The summed E-state index contributed by atoms with van der Waals surface area (Å²) in [7, 11) is 0. The van der Waals surface area contributed by atoms with Crippen LogP contribution in [0.2, 0.25) is 5.02 Å². The summed E-state index contributed by atoms with van der Waals surface area (Å²) in [6.45, 7) is -0.0752. The largest absolute Gasteiger partial charge is 0.395 e. The Hall–Kier alpha value is -0.610. The van der Waals surface area contributed by atoms with Crippen molar-refractivity contribution in [1.29, 1.82) is 0 Å². The lowest BCUT2D eigenvalue weighted by molar-refractivity contribution is 0.162. The predicted octanol–water partition coefficient (Wildman–Crippen LogP) is 0.750. The van der Waals surface area contributed by atoms with Gasteiger partial charge in [-0.25, -0.2) is 0 Å². The zero-order valence-corrected chi connectivity index (χ0v) is 9.74. The van der Waals surface area contributed by atoms with Gasteiger partial charge in [0, 0.05) is 11.1 Å². The molecule has 2 rings (SSSR count). The van der Waals surface area contributed by atoms with E-state index in [-0.39, 0.29) is 25.3 Å². The highest BCUT2D eigenvalue weighted by molar-refractivity contribution is 6.30. The SMILES string of the molecule is OCC(CO)NC1Cc2ccc(Cl)cc2C1. The van der Waals surface area contributed by atoms with Crippen molar-refractivity contribution in [2.24, 2.45) is 0 Å². The molecule has 0 bridgehead atoms. The van der Waals surface area contributed by atoms with Gasteiger partial charge in [0.1, 0.15) is 0 Å². The van der Waals surface area contributed by atoms with Crippen LogP contribution in [-0.2, 0) is 12.8 Å². The van der Waals surface area contributed by atoms with Crippen LogP contribution in [0.1, 0.15) is 11.1 Å². The Bertz CT molecular complexity index is 366. The zero-order chi connectivity index (χ0) is 11.5. The summed E-state index contributed by atoms with van der Waals surface area (Å²) in [5.74, 6) is 0. The molecule has 0 aliphatic heterocycles. The molecule has 0 spiro atoms. The molecular weight excluding hydrogens is 226 g/mol. The van der Waals surface area contributed by atoms with Gasteiger partial charge in [0.15, 0.2) is 0 Å². The molecule has 0 radical (unpaired) electrons. The Labute approximate surface area is 100 Å². The maximum atomic E-state index is 9.00. The molecule has 0 fully saturated rings. The third kappa shape index (κ3) is 2.55. The second kappa shape index (κ2) is 5.15. The molecule has 1 aliphatic carbocycles. The normalized spacial score (nSPS) is 19.1. The van der Waals surface area contributed by atoms with Crippen LogP contribution in [0.5, 0.6) is 0 Å². The van der Waals surface area contributed by atoms with Gasteiger partial charge < -0.3 is 15.5 Å². The van der Waals surface area contributed by atoms with Crippen LogP contribution < -0.4 is 5.32 Å². The number of hydrogen-bond acceptors (Lipinski definition) is 3. The smallest absolute Gasteiger partial charge is 0.0607 e. The standard InChI is InChI=1S/C12H16ClNO2/c13-10-2-1-8-4-11(5-9(8)3-10)14-12(6-15)7-16/h1-3,11-12,14-16H,4-7H2. The number of fused-ring (bicyclic) bond motifs is 1. The van der Waals surface area contributed by atoms with Crippen molar-refractivity contribution in [3.8, 4) is 0 Å². The monoisotopic (exact) mass is 241 g/mol. The van der Waals surface area contributed by atoms with Gasteiger partial charge in [-0.15, -0.1) is 0 Å². The number of rotatable bonds is 4. The van der Waals surface area contributed by atoms with Gasteiger partial charge >= 0.3 is 0 Å². The molecule has 0 saturated heterocycles. The fourth-order valence-corrected chi connectivity index (χ4v) is 2.40. The molecule has 3 nitrogen and oxygen atoms in total. The van der Waals surface area contributed by atoms with Crippen LogP contribution in [-0.4, -0.2) is 35.5 Å². The quantitative estimate of drug-likeness (QED) is 0.729. The van der Waals surface area contributed by atoms with Crippen molar-refractivity contribution in [3.63, 3.8) is 0 Å². The molecule has 88 valence electrons. The first-order chi connectivity index (χ1) is 7.72. The minimum Gasteiger partial charge on any atom is -0.395 e. The first kappa shape index (κ1) is 11.9. The Balaban J connectivity index is 2.00. The Morgan fingerprint density at radius 1 is 1.25 bits per heavy atom. The first-order valence-electron chi connectivity index (χ1n) is 5.48. The topological polar surface area (TPSA) is 52.5 Å². The lowest BCUT2D eigenvalue weighted by atomic mass is 10.1. The van der Waals surface area contributed by atoms with E-state index in [9.17, 15) is 0 Å². The van der Waals surface area contributed by atoms with Crippen LogP contribution in [0.25, 0.3) is 0 Å². The van der Waals surface area contributed by atoms with E-state index in [0.717, 1.165) is 17.9 Å². The number of hydrogen-bond donors (Lipinski definition) is 3. The van der Waals surface area contributed by atoms with Gasteiger partial charge in [0.2, 0.25) is 0 Å². The average molecular weight is 242 g/mol. The van der Waals surface area contributed by atoms with Gasteiger partial charge in [-0.2, -0.15) is 0 Å². The summed E-state index contributed by atoms with van der Waals surface area (Å²) in [4.78, 5) is 0. The van der Waals surface area contributed by atoms with E-state index in [0.29, 0.717) is 0 Å². The predicted molar refractivity (Wildman–Crippen MR) is 63.7 cm³/mol. The Morgan fingerprint density at radius 3 is 2.62 bits per heavy atom. The van der Waals surface area contributed by atoms with E-state index in [1.54, 1.807) is 0 Å². The van der Waals surface area contributed by atoms with Crippen molar-refractivity contribution in [3.05, 3.63) is 34.3 Å². The van der Waals surface area contributed by atoms with E-state index in [1.165, 1.54) is 11.1 Å². The van der Waals surface area contributed by atoms with Gasteiger partial charge in [0.25, 0.3) is 0 Å². The molecule has 3 N–H and O–H groups in total. The summed E-state index contributed by atoms with van der Waals surface area (Å²) in [6.07, 6.45) is 1.84. The molecular formula is C12H16ClNO2. The Kier molecular flexibility index (Phi) is 3.82. The van der Waals surface area contributed by atoms with E-state index in [4.69, 9.17) is 21.8 Å². The third-order valence-electron chi connectivity index (χ3n) is 3.01. The fourth-order valence-electron chi connectivity index (χ4n) is 2.20. The number of benzene rings is 1. The van der Waals surface area contributed by atoms with E-state index >= 15 is 0 Å². The molecule has 1 atom stereocenters. The van der Waals surface area contributed by atoms with Gasteiger partial charge in [-0.05, 0) is 36.1 Å². The van der Waals surface area contributed by atoms with Crippen molar-refractivity contribution >= 4 is 11.6 Å². The molecule has 4 heteroatoms. The maximum Gasteiger partial charge on any atom is 0.0607 e. The van der Waals surface area contributed by atoms with Crippen LogP contribution in [0.4, 0.5) is 0 Å². The van der Waals surface area contributed by atoms with Crippen molar-refractivity contribution in [2.45, 2.75) is 24.9 Å². The highest BCUT2D eigenvalue weighted by Gasteiger charge is 2.23. The Morgan fingerprint density at radius 2 is 1.94 bits per heavy atom. The maximum absolute atomic E-state index is 9.00. The van der Waals surface area contributed by atoms with Crippen molar-refractivity contribution in [2.75, 3.05) is 13.2 Å². The van der Waals surface area contributed by atoms with E-state index in [2.05, 4.69) is 5.32 Å². The average Bonchev–Trinajstić information content (AvgIpc) is 2.67. The van der Waals surface area contributed by atoms with Crippen molar-refractivity contribution < 1.29 is 10.2 Å². The fraction of sp³-hybridized carbons (Fsp3) is 0.500. The van der Waals surface area contributed by atoms with Gasteiger partial charge in [-0.3, -0.25) is 0 Å². The zero-order valence-electron chi connectivity index (χ0n) is 8.99. The summed E-state index contributed by atoms with van der Waals surface area (Å²) in [5, 5.41) is 22.0. The number of halogens is 1. The summed E-state index contributed by atoms with van der Waals surface area (Å²) in [6, 6.07) is 6.00. The van der Waals surface area contributed by atoms with Crippen molar-refractivity contribution in [1.82, 2.24) is 5.32 Å². The molecule has 1 unspecified atom stereocenters. The highest BCUT2D eigenvalue weighted by Crippen LogP contribution is 2.25. The number of aliphatic hydroxyl groups is 2. The summed E-state index contributed by atoms with van der Waals surface area (Å²) >= 11 is 5.93. The molecule has 0 aromatic heterocycles. The first-order valence-corrected chi connectivity index (χ1v) is 5.85. The van der Waals surface area contributed by atoms with Gasteiger partial charge in [-0.1, -0.05) is 17.7 Å². The molecule has 1 aliphatic rings. The van der Waals surface area contributed by atoms with E-state index < -0.39 is 0 Å². The van der Waals surface area contributed by atoms with Gasteiger partial charge in [0.05, 0.1) is 19.3 Å². The summed E-state index contributed by atoms with van der Waals surface area (Å²) < 4.78 is 0. The lowest BCUT2D eigenvalue weighted by Gasteiger charge is -2.18. The minimum absolute atomic E-state index is 0.0376. The molecule has 1 aromatic carbocycles.